The van der Waals surface area contributed by atoms with Crippen molar-refractivity contribution in [2.75, 3.05) is 246 Å². The summed E-state index contributed by atoms with van der Waals surface area (Å²) in [5.74, 6) is -5.61. The second-order valence-electron chi connectivity index (χ2n) is 34.2. The number of carboxylic acids is 1. The topological polar surface area (TPSA) is 489 Å². The van der Waals surface area contributed by atoms with Crippen LogP contribution in [0.15, 0.2) is 0 Å². The number of esters is 9. The number of ether oxygens (including phenoxy) is 20. The zero-order valence-corrected chi connectivity index (χ0v) is 81.5. The lowest BCUT2D eigenvalue weighted by Gasteiger charge is -2.40. The van der Waals surface area contributed by atoms with Crippen molar-refractivity contribution >= 4 is 79.5 Å². The second-order valence-corrected chi connectivity index (χ2v) is 35.7. The van der Waals surface area contributed by atoms with Crippen molar-refractivity contribution in [3.8, 4) is 0 Å². The second kappa shape index (κ2) is 81.3. The van der Waals surface area contributed by atoms with Gasteiger partial charge in [-0.1, -0.05) is 21.3 Å². The smallest absolute Gasteiger partial charge is 0.472 e. The average Bonchev–Trinajstić information content (AvgIpc) is 0.783. The summed E-state index contributed by atoms with van der Waals surface area (Å²) in [5.41, 5.74) is -4.58. The predicted octanol–water partition coefficient (Wildman–Crippen LogP) is 10.6. The first-order valence-corrected chi connectivity index (χ1v) is 48.0. The molecule has 3 unspecified atom stereocenters. The third kappa shape index (κ3) is 81.5. The molecular weight excluding hydrogens is 1760 g/mol. The standard InChI is InChI=1S/C90H162N3O37P.CH4/c1-12-89(7,85(105)127-71-72-129-131(107,108)128-50-41-93(9,10)11)74-90(8,83(103)91-39-48-109-51-53-111-55-57-113-59-61-115-63-65-117-67-68-118-66-64-116-62-60-114-58-56-112-54-52-110-49-40-92-86(106)130-87(2,3)4)73-88(5,6)84(104)126-70-69-125-81(101)36-24-18-29-46-123-79(99)34-22-16-27-44-121-77(97)32-20-14-25-42-119-76(96)31-19-13-26-43-120-78(98)33-21-15-28-45-122-80(100)35-23-17-30-47-124-82(102)38-37-75(94)95;/h12-74H2,1-11H3,(H3-,91,92,94,95,103,106,107,108);1H4/p+1. The summed E-state index contributed by atoms with van der Waals surface area (Å²) in [5, 5.41) is 14.1. The Hall–Kier alpha value is -6.89. The van der Waals surface area contributed by atoms with E-state index in [-0.39, 0.29) is 194 Å². The Bertz CT molecular complexity index is 3100. The zero-order chi connectivity index (χ0) is 97.4. The number of amides is 2. The molecule has 0 aromatic carbocycles. The minimum atomic E-state index is -4.45. The molecule has 0 spiro atoms. The van der Waals surface area contributed by atoms with E-state index in [0.717, 1.165) is 0 Å². The summed E-state index contributed by atoms with van der Waals surface area (Å²) in [6.07, 6.45) is 11.2. The number of hydrogen-bond acceptors (Lipinski definition) is 35. The Morgan fingerprint density at radius 2 is 0.576 bits per heavy atom. The van der Waals surface area contributed by atoms with Gasteiger partial charge in [0, 0.05) is 57.0 Å². The van der Waals surface area contributed by atoms with Crippen molar-refractivity contribution < 1.29 is 180 Å². The van der Waals surface area contributed by atoms with E-state index in [1.165, 1.54) is 0 Å². The number of carbonyl (C=O) groups is 12. The highest BCUT2D eigenvalue weighted by molar-refractivity contribution is 7.47. The number of likely N-dealkylation sites (N-methyl/N-ethyl adjacent to an activating group) is 1. The maximum absolute atomic E-state index is 14.4. The number of aliphatic carboxylic acids is 1. The van der Waals surface area contributed by atoms with Crippen molar-refractivity contribution in [1.82, 2.24) is 10.6 Å². The molecule has 0 radical (unpaired) electrons. The monoisotopic (exact) mass is 1930 g/mol. The van der Waals surface area contributed by atoms with E-state index in [2.05, 4.69) is 10.6 Å². The average molecular weight is 1930 g/mol. The van der Waals surface area contributed by atoms with Gasteiger partial charge in [0.1, 0.15) is 38.6 Å². The van der Waals surface area contributed by atoms with Crippen LogP contribution in [0.5, 0.6) is 0 Å². The molecule has 0 saturated heterocycles. The Morgan fingerprint density at radius 1 is 0.303 bits per heavy atom. The van der Waals surface area contributed by atoms with Gasteiger partial charge in [0.15, 0.2) is 0 Å². The van der Waals surface area contributed by atoms with Crippen LogP contribution in [0.1, 0.15) is 249 Å². The van der Waals surface area contributed by atoms with E-state index >= 15 is 0 Å². The van der Waals surface area contributed by atoms with Gasteiger partial charge in [-0.25, -0.2) is 9.36 Å². The molecule has 2 amide bonds. The first-order valence-electron chi connectivity index (χ1n) is 46.5. The molecular formula is C91H167N3O37P+. The number of carboxylic acid groups (broad SMARTS) is 1. The van der Waals surface area contributed by atoms with Crippen LogP contribution in [-0.4, -0.2) is 337 Å². The number of quaternary nitrogens is 1. The summed E-state index contributed by atoms with van der Waals surface area (Å²) < 4.78 is 132. The van der Waals surface area contributed by atoms with Gasteiger partial charge < -0.3 is 120 Å². The van der Waals surface area contributed by atoms with E-state index in [0.29, 0.717) is 245 Å². The van der Waals surface area contributed by atoms with Crippen LogP contribution in [0.4, 0.5) is 4.79 Å². The number of phosphoric ester groups is 1. The lowest BCUT2D eigenvalue weighted by atomic mass is 9.64. The fourth-order valence-electron chi connectivity index (χ4n) is 12.1. The van der Waals surface area contributed by atoms with Crippen LogP contribution in [0.2, 0.25) is 0 Å². The largest absolute Gasteiger partial charge is 0.481 e. The lowest BCUT2D eigenvalue weighted by molar-refractivity contribution is -0.870. The van der Waals surface area contributed by atoms with Crippen LogP contribution >= 0.6 is 7.82 Å². The van der Waals surface area contributed by atoms with Crippen molar-refractivity contribution in [1.29, 1.82) is 0 Å². The van der Waals surface area contributed by atoms with Gasteiger partial charge in [-0.15, -0.1) is 0 Å². The van der Waals surface area contributed by atoms with Gasteiger partial charge >= 0.3 is 73.6 Å². The van der Waals surface area contributed by atoms with Crippen LogP contribution in [0.25, 0.3) is 0 Å². The number of nitrogens with zero attached hydrogens (tertiary/aromatic N) is 1. The van der Waals surface area contributed by atoms with Gasteiger partial charge in [-0.05, 0) is 176 Å². The highest BCUT2D eigenvalue weighted by atomic mass is 31.2. The van der Waals surface area contributed by atoms with Gasteiger partial charge in [0.25, 0.3) is 0 Å². The van der Waals surface area contributed by atoms with Crippen molar-refractivity contribution in [3.05, 3.63) is 0 Å². The van der Waals surface area contributed by atoms with Crippen LogP contribution in [0, 0.1) is 16.2 Å². The quantitative estimate of drug-likeness (QED) is 0.0144. The molecule has 0 fully saturated rings. The van der Waals surface area contributed by atoms with Crippen molar-refractivity contribution in [3.63, 3.8) is 0 Å². The summed E-state index contributed by atoms with van der Waals surface area (Å²) in [6, 6.07) is 0. The van der Waals surface area contributed by atoms with Gasteiger partial charge in [-0.2, -0.15) is 0 Å². The van der Waals surface area contributed by atoms with Gasteiger partial charge in [0.2, 0.25) is 5.91 Å². The van der Waals surface area contributed by atoms with E-state index in [4.69, 9.17) is 109 Å². The number of hydrogen-bond donors (Lipinski definition) is 4. The number of phosphoric acid groups is 1. The Labute approximate surface area is 783 Å². The number of unbranched alkanes of at least 4 members (excludes halogenated alkanes) is 12. The van der Waals surface area contributed by atoms with Gasteiger partial charge in [0.05, 0.1) is 223 Å². The molecule has 0 aliphatic heterocycles. The normalized spacial score (nSPS) is 12.9. The Balaban J connectivity index is 0. The fourth-order valence-corrected chi connectivity index (χ4v) is 12.8. The SMILES string of the molecule is C.CCC(C)(CC(C)(CC(C)(C)C(=O)OCCOC(=O)CCCCCOC(=O)CCCCCOC(=O)CCCCCOC(=O)CCCCCOC(=O)CCCCCOC(=O)CCCCCOC(=O)CCC(=O)O)C(=O)NCCOCCOCCOCCOCCOCCOCCOCCOCCOCCOCCNC(=O)OC(C)(C)C)C(=O)OCCOP(=O)(O)OCC[N+](C)(C)C. The zero-order valence-electron chi connectivity index (χ0n) is 80.6. The maximum atomic E-state index is 14.4. The van der Waals surface area contributed by atoms with E-state index in [1.807, 2.05) is 21.1 Å². The minimum absolute atomic E-state index is 0. The molecule has 3 atom stereocenters. The number of rotatable bonds is 91. The first-order chi connectivity index (χ1) is 62.4. The Morgan fingerprint density at radius 3 is 0.879 bits per heavy atom. The summed E-state index contributed by atoms with van der Waals surface area (Å²) >= 11 is 0. The lowest BCUT2D eigenvalue weighted by Crippen LogP contribution is -2.48. The number of carbonyl (C=O) groups excluding carboxylic acids is 11. The summed E-state index contributed by atoms with van der Waals surface area (Å²) in [6.45, 7) is 21.7. The van der Waals surface area contributed by atoms with Crippen LogP contribution < -0.4 is 10.6 Å². The minimum Gasteiger partial charge on any atom is -0.481 e. The molecule has 4 N–H and O–H groups in total. The third-order valence-corrected chi connectivity index (χ3v) is 20.2. The maximum Gasteiger partial charge on any atom is 0.472 e. The molecule has 0 bridgehead atoms. The van der Waals surface area contributed by atoms with E-state index in [9.17, 15) is 67.0 Å². The predicted molar refractivity (Wildman–Crippen MR) is 483 cm³/mol. The number of nitrogens with one attached hydrogen (secondary N) is 2. The highest BCUT2D eigenvalue weighted by Gasteiger charge is 2.49. The highest BCUT2D eigenvalue weighted by Crippen LogP contribution is 2.46. The molecule has 0 aromatic heterocycles. The molecule has 0 aliphatic rings. The van der Waals surface area contributed by atoms with E-state index < -0.39 is 84.7 Å². The molecule has 0 saturated carbocycles. The molecule has 40 nitrogen and oxygen atoms in total. The molecule has 0 aliphatic carbocycles. The molecule has 0 aromatic rings. The molecule has 41 heteroatoms. The van der Waals surface area contributed by atoms with Crippen LogP contribution in [0.3, 0.4) is 0 Å². The third-order valence-electron chi connectivity index (χ3n) is 19.2. The molecule has 0 heterocycles. The van der Waals surface area contributed by atoms with E-state index in [1.54, 1.807) is 55.4 Å². The molecule has 0 rings (SSSR count). The summed E-state index contributed by atoms with van der Waals surface area (Å²) in [7, 11) is 1.22. The molecule has 132 heavy (non-hydrogen) atoms. The first kappa shape index (κ1) is 127. The Kier molecular flexibility index (Phi) is 78.3. The molecule has 772 valence electrons. The van der Waals surface area contributed by atoms with Crippen LogP contribution in [-0.2, 0) is 161 Å². The number of alkyl carbamates (subject to hydrolysis) is 1. The summed E-state index contributed by atoms with van der Waals surface area (Å²) in [4.78, 5) is 159. The van der Waals surface area contributed by atoms with Crippen molar-refractivity contribution in [2.24, 2.45) is 16.2 Å². The fraction of sp³-hybridized carbons (Fsp3) is 0.868. The van der Waals surface area contributed by atoms with Gasteiger partial charge in [-0.3, -0.25) is 61.8 Å². The van der Waals surface area contributed by atoms with Crippen molar-refractivity contribution in [2.45, 2.75) is 255 Å².